The molecule has 4 nitrogen and oxygen atoms in total. The largest absolute Gasteiger partial charge is 0.481 e. The fourth-order valence-corrected chi connectivity index (χ4v) is 3.94. The zero-order valence-corrected chi connectivity index (χ0v) is 19.3. The maximum Gasteiger partial charge on any atom is 0.304 e. The van der Waals surface area contributed by atoms with Gasteiger partial charge >= 0.3 is 5.97 Å². The number of carbonyl (C=O) groups is 2. The molecule has 0 spiro atoms. The van der Waals surface area contributed by atoms with Crippen molar-refractivity contribution in [3.63, 3.8) is 0 Å². The number of amides is 1. The van der Waals surface area contributed by atoms with Crippen LogP contribution >= 0.6 is 0 Å². The second kappa shape index (κ2) is 20.0. The molecule has 1 unspecified atom stereocenters. The van der Waals surface area contributed by atoms with Crippen molar-refractivity contribution in [2.24, 2.45) is 5.92 Å². The molecular formula is C25H47NO3. The number of carbonyl (C=O) groups excluding carboxylic acids is 1. The predicted octanol–water partition coefficient (Wildman–Crippen LogP) is 6.98. The molecule has 0 aliphatic rings. The van der Waals surface area contributed by atoms with Gasteiger partial charge in [-0.25, -0.2) is 0 Å². The third kappa shape index (κ3) is 16.2. The number of carboxylic acids is 1. The second-order valence-electron chi connectivity index (χ2n) is 8.27. The number of allylic oxidation sites excluding steroid dienone is 1. The lowest BCUT2D eigenvalue weighted by Gasteiger charge is -2.24. The molecule has 0 radical (unpaired) electrons. The Morgan fingerprint density at radius 1 is 0.793 bits per heavy atom. The highest BCUT2D eigenvalue weighted by atomic mass is 16.4. The molecule has 0 aliphatic heterocycles. The van der Waals surface area contributed by atoms with Crippen LogP contribution in [-0.2, 0) is 9.59 Å². The first kappa shape index (κ1) is 27.7. The van der Waals surface area contributed by atoms with Crippen molar-refractivity contribution in [1.29, 1.82) is 0 Å². The van der Waals surface area contributed by atoms with E-state index in [-0.39, 0.29) is 18.2 Å². The van der Waals surface area contributed by atoms with E-state index in [2.05, 4.69) is 6.58 Å². The van der Waals surface area contributed by atoms with Gasteiger partial charge in [-0.3, -0.25) is 9.59 Å². The van der Waals surface area contributed by atoms with E-state index in [1.165, 1.54) is 70.6 Å². The Balaban J connectivity index is 3.66. The number of unbranched alkanes of at least 4 members (excludes halogenated alkanes) is 13. The van der Waals surface area contributed by atoms with Crippen molar-refractivity contribution in [2.45, 2.75) is 117 Å². The summed E-state index contributed by atoms with van der Waals surface area (Å²) in [6, 6.07) is 0. The number of rotatable bonds is 21. The van der Waals surface area contributed by atoms with Gasteiger partial charge in [0.1, 0.15) is 0 Å². The van der Waals surface area contributed by atoms with Crippen LogP contribution in [0.1, 0.15) is 117 Å². The maximum absolute atomic E-state index is 12.5. The topological polar surface area (TPSA) is 57.6 Å². The number of aliphatic carboxylic acids is 1. The van der Waals surface area contributed by atoms with E-state index in [1.807, 2.05) is 19.9 Å². The van der Waals surface area contributed by atoms with Gasteiger partial charge in [0.05, 0.1) is 6.42 Å². The van der Waals surface area contributed by atoms with Crippen molar-refractivity contribution in [1.82, 2.24) is 4.90 Å². The summed E-state index contributed by atoms with van der Waals surface area (Å²) >= 11 is 0. The van der Waals surface area contributed by atoms with E-state index in [0.29, 0.717) is 19.5 Å². The Morgan fingerprint density at radius 2 is 1.21 bits per heavy atom. The molecule has 0 saturated heterocycles. The molecule has 0 aromatic rings. The summed E-state index contributed by atoms with van der Waals surface area (Å²) in [6.07, 6.45) is 20.5. The van der Waals surface area contributed by atoms with Crippen molar-refractivity contribution in [3.8, 4) is 0 Å². The minimum absolute atomic E-state index is 0.0121. The van der Waals surface area contributed by atoms with E-state index >= 15 is 0 Å². The van der Waals surface area contributed by atoms with Crippen LogP contribution in [0, 0.1) is 5.92 Å². The summed E-state index contributed by atoms with van der Waals surface area (Å²) < 4.78 is 0. The van der Waals surface area contributed by atoms with Crippen LogP contribution in [0.15, 0.2) is 12.7 Å². The van der Waals surface area contributed by atoms with Crippen molar-refractivity contribution in [2.75, 3.05) is 13.1 Å². The van der Waals surface area contributed by atoms with Gasteiger partial charge < -0.3 is 10.0 Å². The van der Waals surface area contributed by atoms with Gasteiger partial charge in [-0.1, -0.05) is 83.1 Å². The van der Waals surface area contributed by atoms with E-state index in [4.69, 9.17) is 5.11 Å². The van der Waals surface area contributed by atoms with Gasteiger partial charge in [-0.05, 0) is 33.1 Å². The molecule has 29 heavy (non-hydrogen) atoms. The molecule has 0 aliphatic carbocycles. The first-order valence-corrected chi connectivity index (χ1v) is 12.2. The van der Waals surface area contributed by atoms with Crippen LogP contribution in [0.2, 0.25) is 0 Å². The molecule has 4 heteroatoms. The Hall–Kier alpha value is -1.32. The number of carboxylic acid groups (broad SMARTS) is 1. The Bertz CT molecular complexity index is 418. The van der Waals surface area contributed by atoms with Crippen LogP contribution in [0.4, 0.5) is 0 Å². The van der Waals surface area contributed by atoms with Crippen molar-refractivity contribution >= 4 is 11.9 Å². The van der Waals surface area contributed by atoms with Gasteiger partial charge in [0.2, 0.25) is 5.91 Å². The summed E-state index contributed by atoms with van der Waals surface area (Å²) in [5.41, 5.74) is 0. The zero-order chi connectivity index (χ0) is 21.7. The lowest BCUT2D eigenvalue weighted by molar-refractivity contribution is -0.144. The quantitative estimate of drug-likeness (QED) is 0.164. The van der Waals surface area contributed by atoms with E-state index in [1.54, 1.807) is 4.90 Å². The van der Waals surface area contributed by atoms with E-state index in [0.717, 1.165) is 19.3 Å². The van der Waals surface area contributed by atoms with Gasteiger partial charge in [-0.2, -0.15) is 0 Å². The predicted molar refractivity (Wildman–Crippen MR) is 123 cm³/mol. The summed E-state index contributed by atoms with van der Waals surface area (Å²) in [4.78, 5) is 25.3. The minimum atomic E-state index is -0.868. The first-order chi connectivity index (χ1) is 14.1. The number of nitrogens with zero attached hydrogens (tertiary/aromatic N) is 1. The fraction of sp³-hybridized carbons (Fsp3) is 0.840. The normalized spacial score (nSPS) is 11.9. The smallest absolute Gasteiger partial charge is 0.304 e. The lowest BCUT2D eigenvalue weighted by atomic mass is 9.95. The summed E-state index contributed by atoms with van der Waals surface area (Å²) in [5.74, 6) is -1.21. The van der Waals surface area contributed by atoms with E-state index < -0.39 is 5.97 Å². The van der Waals surface area contributed by atoms with Crippen LogP contribution in [0.5, 0.6) is 0 Å². The molecule has 170 valence electrons. The summed E-state index contributed by atoms with van der Waals surface area (Å²) in [7, 11) is 0. The molecular weight excluding hydrogens is 362 g/mol. The number of hydrogen-bond acceptors (Lipinski definition) is 2. The lowest BCUT2D eigenvalue weighted by Crippen LogP contribution is -2.36. The highest BCUT2D eigenvalue weighted by Gasteiger charge is 2.24. The SMILES string of the molecule is C=CCCCCCCCCCCCCCCCC(CC(=O)O)C(=O)N(CC)CC. The average molecular weight is 410 g/mol. The Kier molecular flexibility index (Phi) is 19.1. The van der Waals surface area contributed by atoms with Crippen LogP contribution in [0.3, 0.4) is 0 Å². The molecule has 0 rings (SSSR count). The first-order valence-electron chi connectivity index (χ1n) is 12.2. The van der Waals surface area contributed by atoms with Crippen molar-refractivity contribution < 1.29 is 14.7 Å². The van der Waals surface area contributed by atoms with Crippen LogP contribution < -0.4 is 0 Å². The van der Waals surface area contributed by atoms with E-state index in [9.17, 15) is 9.59 Å². The molecule has 0 saturated carbocycles. The third-order valence-electron chi connectivity index (χ3n) is 5.81. The molecule has 0 fully saturated rings. The molecule has 0 aromatic carbocycles. The van der Waals surface area contributed by atoms with Crippen molar-refractivity contribution in [3.05, 3.63) is 12.7 Å². The zero-order valence-electron chi connectivity index (χ0n) is 19.3. The molecule has 1 amide bonds. The van der Waals surface area contributed by atoms with Gasteiger partial charge in [0.25, 0.3) is 0 Å². The highest BCUT2D eigenvalue weighted by molar-refractivity contribution is 5.83. The standard InChI is InChI=1S/C25H47NO3/c1-4-7-8-9-10-11-12-13-14-15-16-17-18-19-20-21-23(22-24(27)28)25(29)26(5-2)6-3/h4,23H,1,5-22H2,2-3H3,(H,27,28). The highest BCUT2D eigenvalue weighted by Crippen LogP contribution is 2.19. The molecule has 0 aromatic heterocycles. The Morgan fingerprint density at radius 3 is 1.59 bits per heavy atom. The third-order valence-corrected chi connectivity index (χ3v) is 5.81. The average Bonchev–Trinajstić information content (AvgIpc) is 2.70. The molecule has 0 heterocycles. The fourth-order valence-electron chi connectivity index (χ4n) is 3.94. The minimum Gasteiger partial charge on any atom is -0.481 e. The monoisotopic (exact) mass is 409 g/mol. The molecule has 1 N–H and O–H groups in total. The Labute approximate surface area is 180 Å². The van der Waals surface area contributed by atoms with Gasteiger partial charge in [-0.15, -0.1) is 6.58 Å². The van der Waals surface area contributed by atoms with Crippen LogP contribution in [-0.4, -0.2) is 35.0 Å². The van der Waals surface area contributed by atoms with Crippen LogP contribution in [0.25, 0.3) is 0 Å². The summed E-state index contributed by atoms with van der Waals surface area (Å²) in [5, 5.41) is 9.11. The number of hydrogen-bond donors (Lipinski definition) is 1. The maximum atomic E-state index is 12.5. The summed E-state index contributed by atoms with van der Waals surface area (Å²) in [6.45, 7) is 8.96. The molecule has 1 atom stereocenters. The molecule has 0 bridgehead atoms. The second-order valence-corrected chi connectivity index (χ2v) is 8.27. The van der Waals surface area contributed by atoms with Gasteiger partial charge in [0.15, 0.2) is 0 Å². The van der Waals surface area contributed by atoms with Gasteiger partial charge in [0, 0.05) is 19.0 Å².